The Morgan fingerprint density at radius 1 is 1.17 bits per heavy atom. The van der Waals surface area contributed by atoms with Crippen molar-refractivity contribution in [2.45, 2.75) is 50.8 Å². The molecule has 0 spiro atoms. The standard InChI is InChI=1S/C19H27N5O4S/c1-12-15(4-5-16(12)25)24-17(26)6-3-13-11-20-19(22-18(13)24)21-14-7-9-23(10-8-14)29(2,27)28/h3,6,11-12,14-16,25H,4-5,7-10H2,1-2H3,(H,20,21,22)/t12-,15-,16-/m1/s1. The summed E-state index contributed by atoms with van der Waals surface area (Å²) in [5.41, 5.74) is 0.434. The highest BCUT2D eigenvalue weighted by Gasteiger charge is 2.34. The molecule has 2 aromatic heterocycles. The number of hydrogen-bond donors (Lipinski definition) is 2. The molecule has 0 aromatic carbocycles. The number of rotatable bonds is 4. The van der Waals surface area contributed by atoms with Crippen molar-refractivity contribution in [3.05, 3.63) is 28.7 Å². The van der Waals surface area contributed by atoms with Gasteiger partial charge in [0.05, 0.1) is 12.4 Å². The first kappa shape index (κ1) is 20.2. The SMILES string of the molecule is C[C@H]1[C@H](O)CC[C@H]1n1c(=O)ccc2cnc(NC3CCN(S(C)(=O)=O)CC3)nc21. The van der Waals surface area contributed by atoms with E-state index in [0.29, 0.717) is 43.9 Å². The number of sulfonamides is 1. The second-order valence-corrected chi connectivity index (χ2v) is 10.1. The lowest BCUT2D eigenvalue weighted by Crippen LogP contribution is -2.42. The summed E-state index contributed by atoms with van der Waals surface area (Å²) in [6.07, 6.45) is 5.25. The Balaban J connectivity index is 1.59. The molecule has 1 saturated carbocycles. The van der Waals surface area contributed by atoms with Gasteiger partial charge in [0.25, 0.3) is 5.56 Å². The van der Waals surface area contributed by atoms with Gasteiger partial charge in [-0.2, -0.15) is 4.98 Å². The van der Waals surface area contributed by atoms with Crippen molar-refractivity contribution in [1.29, 1.82) is 0 Å². The van der Waals surface area contributed by atoms with Gasteiger partial charge < -0.3 is 10.4 Å². The monoisotopic (exact) mass is 421 g/mol. The first-order chi connectivity index (χ1) is 13.7. The predicted octanol–water partition coefficient (Wildman–Crippen LogP) is 0.959. The molecular formula is C19H27N5O4S. The fourth-order valence-electron chi connectivity index (χ4n) is 4.43. The van der Waals surface area contributed by atoms with Crippen LogP contribution in [0.1, 0.15) is 38.6 Å². The minimum Gasteiger partial charge on any atom is -0.393 e. The van der Waals surface area contributed by atoms with Crippen molar-refractivity contribution in [2.75, 3.05) is 24.7 Å². The summed E-state index contributed by atoms with van der Waals surface area (Å²) in [6.45, 7) is 2.89. The van der Waals surface area contributed by atoms with Gasteiger partial charge in [-0.3, -0.25) is 9.36 Å². The molecule has 0 bridgehead atoms. The number of pyridine rings is 1. The molecule has 3 atom stereocenters. The number of nitrogens with one attached hydrogen (secondary N) is 1. The zero-order valence-corrected chi connectivity index (χ0v) is 17.5. The maximum absolute atomic E-state index is 12.6. The molecule has 1 saturated heterocycles. The van der Waals surface area contributed by atoms with Gasteiger partial charge in [-0.15, -0.1) is 0 Å². The predicted molar refractivity (Wildman–Crippen MR) is 110 cm³/mol. The van der Waals surface area contributed by atoms with Crippen molar-refractivity contribution in [3.63, 3.8) is 0 Å². The summed E-state index contributed by atoms with van der Waals surface area (Å²) in [4.78, 5) is 21.7. The van der Waals surface area contributed by atoms with Crippen LogP contribution in [0.4, 0.5) is 5.95 Å². The quantitative estimate of drug-likeness (QED) is 0.755. The lowest BCUT2D eigenvalue weighted by molar-refractivity contribution is 0.129. The highest BCUT2D eigenvalue weighted by atomic mass is 32.2. The maximum Gasteiger partial charge on any atom is 0.252 e. The van der Waals surface area contributed by atoms with E-state index in [9.17, 15) is 18.3 Å². The molecule has 4 rings (SSSR count). The van der Waals surface area contributed by atoms with E-state index in [2.05, 4.69) is 15.3 Å². The number of piperidine rings is 1. The Labute approximate surface area is 169 Å². The van der Waals surface area contributed by atoms with Crippen LogP contribution in [0.5, 0.6) is 0 Å². The Hall–Kier alpha value is -2.04. The van der Waals surface area contributed by atoms with Crippen LogP contribution in [-0.2, 0) is 10.0 Å². The molecular weight excluding hydrogens is 394 g/mol. The van der Waals surface area contributed by atoms with E-state index >= 15 is 0 Å². The van der Waals surface area contributed by atoms with Crippen molar-refractivity contribution in [1.82, 2.24) is 18.8 Å². The highest BCUT2D eigenvalue weighted by molar-refractivity contribution is 7.88. The second kappa shape index (κ2) is 7.66. The number of aromatic nitrogens is 3. The van der Waals surface area contributed by atoms with Gasteiger partial charge in [0, 0.05) is 48.7 Å². The van der Waals surface area contributed by atoms with Crippen LogP contribution < -0.4 is 10.9 Å². The molecule has 158 valence electrons. The molecule has 1 aliphatic heterocycles. The molecule has 0 unspecified atom stereocenters. The average molecular weight is 422 g/mol. The van der Waals surface area contributed by atoms with Gasteiger partial charge >= 0.3 is 0 Å². The van der Waals surface area contributed by atoms with Crippen LogP contribution >= 0.6 is 0 Å². The van der Waals surface area contributed by atoms with Gasteiger partial charge in [0.2, 0.25) is 16.0 Å². The normalized spacial score (nSPS) is 26.8. The molecule has 0 radical (unpaired) electrons. The second-order valence-electron chi connectivity index (χ2n) is 8.17. The number of anilines is 1. The topological polar surface area (TPSA) is 117 Å². The van der Waals surface area contributed by atoms with Crippen LogP contribution in [0.25, 0.3) is 11.0 Å². The summed E-state index contributed by atoms with van der Waals surface area (Å²) in [5.74, 6) is 0.408. The summed E-state index contributed by atoms with van der Waals surface area (Å²) in [5, 5.41) is 14.2. The third-order valence-electron chi connectivity index (χ3n) is 6.23. The summed E-state index contributed by atoms with van der Waals surface area (Å²) >= 11 is 0. The molecule has 9 nitrogen and oxygen atoms in total. The van der Waals surface area contributed by atoms with Crippen molar-refractivity contribution in [2.24, 2.45) is 5.92 Å². The molecule has 2 fully saturated rings. The molecule has 2 N–H and O–H groups in total. The molecule has 0 amide bonds. The van der Waals surface area contributed by atoms with Crippen LogP contribution in [0.3, 0.4) is 0 Å². The van der Waals surface area contributed by atoms with E-state index < -0.39 is 16.1 Å². The molecule has 1 aliphatic carbocycles. The first-order valence-corrected chi connectivity index (χ1v) is 11.9. The number of aliphatic hydroxyl groups is 1. The van der Waals surface area contributed by atoms with Crippen LogP contribution in [0, 0.1) is 5.92 Å². The van der Waals surface area contributed by atoms with Crippen molar-refractivity contribution in [3.8, 4) is 0 Å². The summed E-state index contributed by atoms with van der Waals surface area (Å²) in [6, 6.07) is 3.22. The largest absolute Gasteiger partial charge is 0.393 e. The van der Waals surface area contributed by atoms with Crippen molar-refractivity contribution >= 4 is 27.0 Å². The molecule has 10 heteroatoms. The van der Waals surface area contributed by atoms with Gasteiger partial charge in [-0.05, 0) is 31.7 Å². The smallest absolute Gasteiger partial charge is 0.252 e. The van der Waals surface area contributed by atoms with Gasteiger partial charge in [-0.25, -0.2) is 17.7 Å². The average Bonchev–Trinajstić information content (AvgIpc) is 3.00. The van der Waals surface area contributed by atoms with Gasteiger partial charge in [0.15, 0.2) is 0 Å². The Kier molecular flexibility index (Phi) is 5.34. The van der Waals surface area contributed by atoms with Crippen LogP contribution in [0.2, 0.25) is 0 Å². The fourth-order valence-corrected chi connectivity index (χ4v) is 5.30. The third kappa shape index (κ3) is 4.01. The zero-order chi connectivity index (χ0) is 20.8. The van der Waals surface area contributed by atoms with E-state index in [-0.39, 0.29) is 23.6 Å². The third-order valence-corrected chi connectivity index (χ3v) is 7.53. The summed E-state index contributed by atoms with van der Waals surface area (Å²) in [7, 11) is -3.16. The minimum absolute atomic E-state index is 0.0232. The number of aliphatic hydroxyl groups excluding tert-OH is 1. The van der Waals surface area contributed by atoms with E-state index in [1.807, 2.05) is 6.92 Å². The van der Waals surface area contributed by atoms with Crippen LogP contribution in [0.15, 0.2) is 23.1 Å². The van der Waals surface area contributed by atoms with E-state index in [0.717, 1.165) is 11.8 Å². The summed E-state index contributed by atoms with van der Waals surface area (Å²) < 4.78 is 26.5. The molecule has 3 heterocycles. The lowest BCUT2D eigenvalue weighted by Gasteiger charge is -2.30. The Morgan fingerprint density at radius 3 is 2.52 bits per heavy atom. The Morgan fingerprint density at radius 2 is 1.90 bits per heavy atom. The van der Waals surface area contributed by atoms with E-state index in [1.54, 1.807) is 16.8 Å². The molecule has 2 aliphatic rings. The van der Waals surface area contributed by atoms with Crippen LogP contribution in [-0.4, -0.2) is 63.9 Å². The van der Waals surface area contributed by atoms with Gasteiger partial charge in [-0.1, -0.05) is 6.92 Å². The zero-order valence-electron chi connectivity index (χ0n) is 16.7. The first-order valence-electron chi connectivity index (χ1n) is 10.0. The number of hydrogen-bond acceptors (Lipinski definition) is 7. The van der Waals surface area contributed by atoms with Crippen molar-refractivity contribution < 1.29 is 13.5 Å². The number of fused-ring (bicyclic) bond motifs is 1. The van der Waals surface area contributed by atoms with E-state index in [1.165, 1.54) is 16.6 Å². The maximum atomic E-state index is 12.6. The van der Waals surface area contributed by atoms with Gasteiger partial charge in [0.1, 0.15) is 5.65 Å². The minimum atomic E-state index is -3.16. The lowest BCUT2D eigenvalue weighted by atomic mass is 10.0. The molecule has 29 heavy (non-hydrogen) atoms. The highest BCUT2D eigenvalue weighted by Crippen LogP contribution is 2.36. The number of nitrogens with zero attached hydrogens (tertiary/aromatic N) is 4. The van der Waals surface area contributed by atoms with E-state index in [4.69, 9.17) is 0 Å². The Bertz CT molecular complexity index is 1060. The molecule has 2 aromatic rings. The fraction of sp³-hybridized carbons (Fsp3) is 0.632.